The third-order valence-corrected chi connectivity index (χ3v) is 4.48. The fraction of sp³-hybridized carbons (Fsp3) is 0.261. The number of allylic oxidation sites excluding steroid dienone is 4. The molecule has 1 atom stereocenters. The smallest absolute Gasteiger partial charge is 0.699 e. The Kier molecular flexibility index (Phi) is 13.7. The van der Waals surface area contributed by atoms with Crippen molar-refractivity contribution in [2.24, 2.45) is 5.92 Å². The summed E-state index contributed by atoms with van der Waals surface area (Å²) in [6.45, 7) is 11.1. The van der Waals surface area contributed by atoms with E-state index in [1.165, 1.54) is 33.8 Å². The Hall–Kier alpha value is -1.12. The first kappa shape index (κ1) is 28.1. The SMILES string of the molecule is CC1=CC(C)C(c2ccccc2[C-](C)C)=C1C.Cl.Cl.[NH-]c1ccccc1.[Ti+2]. The molecule has 3 rings (SSSR count). The van der Waals surface area contributed by atoms with Crippen LogP contribution < -0.4 is 0 Å². The van der Waals surface area contributed by atoms with Gasteiger partial charge in [-0.1, -0.05) is 80.0 Å². The molecule has 0 spiro atoms. The molecule has 0 saturated carbocycles. The van der Waals surface area contributed by atoms with Crippen molar-refractivity contribution in [2.75, 3.05) is 0 Å². The van der Waals surface area contributed by atoms with Crippen molar-refractivity contribution in [1.82, 2.24) is 0 Å². The van der Waals surface area contributed by atoms with Gasteiger partial charge in [0.05, 0.1) is 0 Å². The van der Waals surface area contributed by atoms with E-state index in [0.29, 0.717) is 11.6 Å². The number of rotatable bonds is 2. The summed E-state index contributed by atoms with van der Waals surface area (Å²) < 4.78 is 0. The number of hydrogen-bond donors (Lipinski definition) is 0. The van der Waals surface area contributed by atoms with E-state index in [-0.39, 0.29) is 46.5 Å². The van der Waals surface area contributed by atoms with Crippen LogP contribution in [0.4, 0.5) is 5.69 Å². The first-order valence-electron chi connectivity index (χ1n) is 8.48. The zero-order chi connectivity index (χ0) is 17.7. The quantitative estimate of drug-likeness (QED) is 0.333. The van der Waals surface area contributed by atoms with E-state index in [0.717, 1.165) is 0 Å². The topological polar surface area (TPSA) is 23.8 Å². The van der Waals surface area contributed by atoms with Gasteiger partial charge >= 0.3 is 21.7 Å². The molecular weight excluding hydrogens is 409 g/mol. The maximum Gasteiger partial charge on any atom is 2.00 e. The second kappa shape index (κ2) is 13.1. The number of nitrogens with one attached hydrogen (secondary N) is 1. The Morgan fingerprint density at radius 2 is 1.37 bits per heavy atom. The van der Waals surface area contributed by atoms with Gasteiger partial charge in [0.2, 0.25) is 0 Å². The zero-order valence-electron chi connectivity index (χ0n) is 16.7. The van der Waals surface area contributed by atoms with Crippen molar-refractivity contribution in [1.29, 1.82) is 0 Å². The van der Waals surface area contributed by atoms with Crippen LogP contribution in [-0.2, 0) is 21.7 Å². The first-order chi connectivity index (χ1) is 11.4. The van der Waals surface area contributed by atoms with Crippen molar-refractivity contribution >= 4 is 36.1 Å². The van der Waals surface area contributed by atoms with Gasteiger partial charge in [0.25, 0.3) is 0 Å². The molecule has 1 nitrogen and oxygen atoms in total. The van der Waals surface area contributed by atoms with E-state index in [1.54, 1.807) is 12.1 Å². The standard InChI is InChI=1S/C17H21.C6H6N.2ClH.Ti/c1-11(2)15-8-6-7-9-16(15)17-13(4)10-12(3)14(17)5;7-6-4-2-1-3-5-6;;;/h6-10,13H,1-5H3;1-5,7H;2*1H;/q2*-1;;;+2. The van der Waals surface area contributed by atoms with Crippen molar-refractivity contribution in [3.05, 3.63) is 94.6 Å². The number of halogens is 2. The van der Waals surface area contributed by atoms with E-state index >= 15 is 0 Å². The van der Waals surface area contributed by atoms with Crippen molar-refractivity contribution in [3.63, 3.8) is 0 Å². The van der Waals surface area contributed by atoms with Gasteiger partial charge in [-0.2, -0.15) is 17.5 Å². The molecule has 144 valence electrons. The minimum atomic E-state index is 0. The molecule has 1 aliphatic carbocycles. The molecule has 2 aromatic rings. The molecular formula is C23H29Cl2NTi. The third-order valence-electron chi connectivity index (χ3n) is 4.48. The van der Waals surface area contributed by atoms with Gasteiger partial charge in [-0.3, -0.25) is 0 Å². The average molecular weight is 438 g/mol. The van der Waals surface area contributed by atoms with Crippen LogP contribution in [0, 0.1) is 11.8 Å². The minimum absolute atomic E-state index is 0. The van der Waals surface area contributed by atoms with Crippen molar-refractivity contribution in [3.8, 4) is 0 Å². The summed E-state index contributed by atoms with van der Waals surface area (Å²) in [4.78, 5) is 0. The van der Waals surface area contributed by atoms with Crippen LogP contribution in [0.25, 0.3) is 11.3 Å². The molecule has 0 fully saturated rings. The van der Waals surface area contributed by atoms with Gasteiger partial charge in [0, 0.05) is 0 Å². The molecule has 0 aliphatic heterocycles. The van der Waals surface area contributed by atoms with Gasteiger partial charge in [-0.25, -0.2) is 0 Å². The molecule has 0 saturated heterocycles. The summed E-state index contributed by atoms with van der Waals surface area (Å²) in [5.74, 6) is 1.92. The molecule has 4 heteroatoms. The molecule has 1 aliphatic rings. The molecule has 0 heterocycles. The van der Waals surface area contributed by atoms with Crippen LogP contribution >= 0.6 is 24.8 Å². The van der Waals surface area contributed by atoms with Gasteiger partial charge in [-0.05, 0) is 19.8 Å². The Morgan fingerprint density at radius 1 is 0.852 bits per heavy atom. The van der Waals surface area contributed by atoms with E-state index in [2.05, 4.69) is 65.0 Å². The van der Waals surface area contributed by atoms with Crippen LogP contribution in [0.1, 0.15) is 45.7 Å². The Morgan fingerprint density at radius 3 is 1.78 bits per heavy atom. The van der Waals surface area contributed by atoms with Crippen LogP contribution in [0.3, 0.4) is 0 Å². The monoisotopic (exact) mass is 437 g/mol. The summed E-state index contributed by atoms with van der Waals surface area (Å²) >= 11 is 0. The van der Waals surface area contributed by atoms with E-state index in [4.69, 9.17) is 5.73 Å². The maximum absolute atomic E-state index is 7.00. The average Bonchev–Trinajstić information content (AvgIpc) is 2.81. The Balaban J connectivity index is 0. The summed E-state index contributed by atoms with van der Waals surface area (Å²) in [6.07, 6.45) is 2.37. The molecule has 1 unspecified atom stereocenters. The Labute approximate surface area is 192 Å². The van der Waals surface area contributed by atoms with Crippen molar-refractivity contribution < 1.29 is 21.7 Å². The predicted octanol–water partition coefficient (Wildman–Crippen LogP) is 8.23. The van der Waals surface area contributed by atoms with Gasteiger partial charge in [0.1, 0.15) is 0 Å². The molecule has 1 N–H and O–H groups in total. The first-order valence-corrected chi connectivity index (χ1v) is 8.48. The fourth-order valence-electron chi connectivity index (χ4n) is 3.18. The molecule has 0 radical (unpaired) electrons. The van der Waals surface area contributed by atoms with E-state index < -0.39 is 0 Å². The summed E-state index contributed by atoms with van der Waals surface area (Å²) in [7, 11) is 0. The van der Waals surface area contributed by atoms with Crippen LogP contribution in [0.2, 0.25) is 0 Å². The van der Waals surface area contributed by atoms with Gasteiger partial charge in [0.15, 0.2) is 0 Å². The van der Waals surface area contributed by atoms with Crippen LogP contribution in [-0.4, -0.2) is 0 Å². The summed E-state index contributed by atoms with van der Waals surface area (Å²) in [5.41, 5.74) is 14.7. The largest absolute Gasteiger partial charge is 2.00 e. The Bertz CT molecular complexity index is 752. The minimum Gasteiger partial charge on any atom is -0.699 e. The van der Waals surface area contributed by atoms with E-state index in [1.807, 2.05) is 18.2 Å². The van der Waals surface area contributed by atoms with Crippen LogP contribution in [0.5, 0.6) is 0 Å². The normalized spacial score (nSPS) is 14.6. The maximum atomic E-state index is 7.00. The van der Waals surface area contributed by atoms with E-state index in [9.17, 15) is 0 Å². The second-order valence-corrected chi connectivity index (χ2v) is 6.59. The summed E-state index contributed by atoms with van der Waals surface area (Å²) in [6, 6.07) is 17.8. The molecule has 0 aromatic heterocycles. The van der Waals surface area contributed by atoms with Gasteiger partial charge < -0.3 is 5.73 Å². The van der Waals surface area contributed by atoms with Crippen molar-refractivity contribution in [2.45, 2.75) is 34.6 Å². The number of benzene rings is 2. The number of hydrogen-bond acceptors (Lipinski definition) is 0. The molecule has 0 bridgehead atoms. The fourth-order valence-corrected chi connectivity index (χ4v) is 3.18. The molecule has 27 heavy (non-hydrogen) atoms. The zero-order valence-corrected chi connectivity index (χ0v) is 19.9. The van der Waals surface area contributed by atoms with Gasteiger partial charge in [-0.15, -0.1) is 48.2 Å². The van der Waals surface area contributed by atoms with Crippen LogP contribution in [0.15, 0.2) is 71.8 Å². The second-order valence-electron chi connectivity index (χ2n) is 6.59. The third kappa shape index (κ3) is 7.43. The molecule has 2 aromatic carbocycles. The summed E-state index contributed by atoms with van der Waals surface area (Å²) in [5, 5.41) is 0. The molecule has 0 amide bonds. The predicted molar refractivity (Wildman–Crippen MR) is 121 cm³/mol.